The van der Waals surface area contributed by atoms with Crippen LogP contribution < -0.4 is 5.32 Å². The Balaban J connectivity index is 2.50. The minimum absolute atomic E-state index is 0.791. The molecule has 1 nitrogen and oxygen atoms in total. The fourth-order valence-electron chi connectivity index (χ4n) is 1.52. The highest BCUT2D eigenvalue weighted by Gasteiger charge is 2.04. The van der Waals surface area contributed by atoms with Crippen LogP contribution in [0.5, 0.6) is 0 Å². The van der Waals surface area contributed by atoms with Crippen LogP contribution in [0.3, 0.4) is 0 Å². The van der Waals surface area contributed by atoms with E-state index in [0.717, 1.165) is 19.0 Å². The molecule has 18 heavy (non-hydrogen) atoms. The quantitative estimate of drug-likeness (QED) is 0.526. The molecule has 0 aliphatic rings. The predicted octanol–water partition coefficient (Wildman–Crippen LogP) is 5.09. The highest BCUT2D eigenvalue weighted by Crippen LogP contribution is 2.27. The summed E-state index contributed by atoms with van der Waals surface area (Å²) >= 11 is 5.62. The van der Waals surface area contributed by atoms with Crippen molar-refractivity contribution in [3.05, 3.63) is 28.2 Å². The molecule has 0 radical (unpaired) electrons. The Morgan fingerprint density at radius 1 is 1.33 bits per heavy atom. The Morgan fingerprint density at radius 3 is 2.72 bits per heavy atom. The molecule has 1 rings (SSSR count). The third kappa shape index (κ3) is 5.77. The summed E-state index contributed by atoms with van der Waals surface area (Å²) in [5.41, 5.74) is 1.34. The molecular weight excluding hydrogens is 306 g/mol. The summed E-state index contributed by atoms with van der Waals surface area (Å²) in [6, 6.07) is 6.71. The van der Waals surface area contributed by atoms with E-state index in [2.05, 4.69) is 60.2 Å². The largest absolute Gasteiger partial charge is 0.313 e. The van der Waals surface area contributed by atoms with Gasteiger partial charge in [-0.1, -0.05) is 49.2 Å². The van der Waals surface area contributed by atoms with E-state index in [0.29, 0.717) is 0 Å². The van der Waals surface area contributed by atoms with E-state index in [9.17, 15) is 0 Å². The second-order valence-electron chi connectivity index (χ2n) is 4.75. The van der Waals surface area contributed by atoms with Gasteiger partial charge in [-0.3, -0.25) is 0 Å². The fourth-order valence-corrected chi connectivity index (χ4v) is 3.27. The average molecular weight is 330 g/mol. The van der Waals surface area contributed by atoms with Gasteiger partial charge < -0.3 is 5.32 Å². The zero-order chi connectivity index (χ0) is 13.4. The molecule has 0 aromatic heterocycles. The van der Waals surface area contributed by atoms with Crippen molar-refractivity contribution < 1.29 is 0 Å². The SMILES string of the molecule is CCCNCc1ccc(SCC(C)CC)cc1Br. The van der Waals surface area contributed by atoms with E-state index < -0.39 is 0 Å². The molecule has 0 spiro atoms. The molecule has 3 heteroatoms. The number of rotatable bonds is 8. The summed E-state index contributed by atoms with van der Waals surface area (Å²) in [4.78, 5) is 1.36. The van der Waals surface area contributed by atoms with Crippen LogP contribution >= 0.6 is 27.7 Å². The first-order valence-electron chi connectivity index (χ1n) is 6.79. The van der Waals surface area contributed by atoms with Crippen molar-refractivity contribution in [2.24, 2.45) is 5.92 Å². The van der Waals surface area contributed by atoms with Gasteiger partial charge in [0.25, 0.3) is 0 Å². The molecule has 1 aromatic carbocycles. The zero-order valence-corrected chi connectivity index (χ0v) is 14.0. The Labute approximate surface area is 124 Å². The second-order valence-corrected chi connectivity index (χ2v) is 6.70. The number of thioether (sulfide) groups is 1. The van der Waals surface area contributed by atoms with E-state index in [1.807, 2.05) is 11.8 Å². The monoisotopic (exact) mass is 329 g/mol. The van der Waals surface area contributed by atoms with Gasteiger partial charge in [0.1, 0.15) is 0 Å². The van der Waals surface area contributed by atoms with Crippen molar-refractivity contribution >= 4 is 27.7 Å². The number of hydrogen-bond acceptors (Lipinski definition) is 2. The van der Waals surface area contributed by atoms with E-state index in [1.165, 1.54) is 33.5 Å². The lowest BCUT2D eigenvalue weighted by Crippen LogP contribution is -2.14. The van der Waals surface area contributed by atoms with Crippen molar-refractivity contribution in [2.45, 2.75) is 45.1 Å². The van der Waals surface area contributed by atoms with Crippen LogP contribution in [0, 0.1) is 5.92 Å². The van der Waals surface area contributed by atoms with Crippen molar-refractivity contribution in [2.75, 3.05) is 12.3 Å². The van der Waals surface area contributed by atoms with Gasteiger partial charge in [0.05, 0.1) is 0 Å². The first kappa shape index (κ1) is 16.1. The lowest BCUT2D eigenvalue weighted by atomic mass is 10.2. The van der Waals surface area contributed by atoms with Crippen molar-refractivity contribution in [3.8, 4) is 0 Å². The molecule has 1 N–H and O–H groups in total. The van der Waals surface area contributed by atoms with E-state index in [4.69, 9.17) is 0 Å². The van der Waals surface area contributed by atoms with Crippen LogP contribution in [0.2, 0.25) is 0 Å². The third-order valence-corrected chi connectivity index (χ3v) is 5.06. The Kier molecular flexibility index (Phi) is 8.03. The van der Waals surface area contributed by atoms with E-state index >= 15 is 0 Å². The number of hydrogen-bond donors (Lipinski definition) is 1. The third-order valence-electron chi connectivity index (χ3n) is 3.00. The molecule has 0 amide bonds. The van der Waals surface area contributed by atoms with E-state index in [1.54, 1.807) is 0 Å². The Hall–Kier alpha value is 0.01000. The van der Waals surface area contributed by atoms with Crippen LogP contribution in [0.15, 0.2) is 27.6 Å². The molecule has 0 saturated heterocycles. The lowest BCUT2D eigenvalue weighted by Gasteiger charge is -2.10. The van der Waals surface area contributed by atoms with Crippen molar-refractivity contribution in [1.82, 2.24) is 5.32 Å². The van der Waals surface area contributed by atoms with E-state index in [-0.39, 0.29) is 0 Å². The number of benzene rings is 1. The zero-order valence-electron chi connectivity index (χ0n) is 11.6. The first-order chi connectivity index (χ1) is 8.67. The van der Waals surface area contributed by atoms with Gasteiger partial charge in [0.2, 0.25) is 0 Å². The molecule has 1 aromatic rings. The maximum atomic E-state index is 3.67. The summed E-state index contributed by atoms with van der Waals surface area (Å²) in [6.07, 6.45) is 2.44. The molecule has 1 atom stereocenters. The molecule has 0 heterocycles. The summed E-state index contributed by atoms with van der Waals surface area (Å²) in [5, 5.41) is 3.43. The summed E-state index contributed by atoms with van der Waals surface area (Å²) in [7, 11) is 0. The molecule has 0 aliphatic heterocycles. The van der Waals surface area contributed by atoms with Gasteiger partial charge in [-0.05, 0) is 36.6 Å². The van der Waals surface area contributed by atoms with Crippen molar-refractivity contribution in [1.29, 1.82) is 0 Å². The second kappa shape index (κ2) is 9.00. The highest BCUT2D eigenvalue weighted by molar-refractivity contribution is 9.10. The van der Waals surface area contributed by atoms with Crippen LogP contribution in [0.4, 0.5) is 0 Å². The van der Waals surface area contributed by atoms with Crippen LogP contribution in [0.1, 0.15) is 39.2 Å². The normalized spacial score (nSPS) is 12.7. The number of halogens is 1. The Bertz CT molecular complexity index is 354. The maximum Gasteiger partial charge on any atom is 0.0231 e. The summed E-state index contributed by atoms with van der Waals surface area (Å²) in [5.74, 6) is 2.00. The Morgan fingerprint density at radius 2 is 2.11 bits per heavy atom. The molecule has 0 bridgehead atoms. The van der Waals surface area contributed by atoms with Crippen LogP contribution in [0.25, 0.3) is 0 Å². The summed E-state index contributed by atoms with van der Waals surface area (Å²) < 4.78 is 1.22. The van der Waals surface area contributed by atoms with Gasteiger partial charge in [-0.25, -0.2) is 0 Å². The number of nitrogens with one attached hydrogen (secondary N) is 1. The molecule has 0 saturated carbocycles. The van der Waals surface area contributed by atoms with Crippen LogP contribution in [-0.4, -0.2) is 12.3 Å². The molecular formula is C15H24BrNS. The first-order valence-corrected chi connectivity index (χ1v) is 8.57. The molecule has 0 fully saturated rings. The smallest absolute Gasteiger partial charge is 0.0231 e. The van der Waals surface area contributed by atoms with Gasteiger partial charge in [-0.2, -0.15) is 0 Å². The standard InChI is InChI=1S/C15H24BrNS/c1-4-8-17-10-13-6-7-14(9-15(13)16)18-11-12(3)5-2/h6-7,9,12,17H,4-5,8,10-11H2,1-3H3. The maximum absolute atomic E-state index is 3.67. The summed E-state index contributed by atoms with van der Waals surface area (Å²) in [6.45, 7) is 8.78. The van der Waals surface area contributed by atoms with Gasteiger partial charge in [0.15, 0.2) is 0 Å². The minimum Gasteiger partial charge on any atom is -0.313 e. The van der Waals surface area contributed by atoms with Gasteiger partial charge >= 0.3 is 0 Å². The lowest BCUT2D eigenvalue weighted by molar-refractivity contribution is 0.637. The highest BCUT2D eigenvalue weighted by atomic mass is 79.9. The topological polar surface area (TPSA) is 12.0 Å². The van der Waals surface area contributed by atoms with Crippen molar-refractivity contribution in [3.63, 3.8) is 0 Å². The fraction of sp³-hybridized carbons (Fsp3) is 0.600. The molecule has 0 aliphatic carbocycles. The van der Waals surface area contributed by atoms with Gasteiger partial charge in [-0.15, -0.1) is 11.8 Å². The van der Waals surface area contributed by atoms with Gasteiger partial charge in [0, 0.05) is 21.7 Å². The molecule has 102 valence electrons. The van der Waals surface area contributed by atoms with Crippen LogP contribution in [-0.2, 0) is 6.54 Å². The predicted molar refractivity (Wildman–Crippen MR) is 86.3 cm³/mol. The molecule has 1 unspecified atom stereocenters. The minimum atomic E-state index is 0.791. The average Bonchev–Trinajstić information content (AvgIpc) is 2.38.